The highest BCUT2D eigenvalue weighted by Gasteiger charge is 2.81. The fourth-order valence-corrected chi connectivity index (χ4v) is 6.63. The molecule has 1 aromatic carbocycles. The molecular formula is C29H34O6. The van der Waals surface area contributed by atoms with Gasteiger partial charge in [0.15, 0.2) is 22.8 Å². The van der Waals surface area contributed by atoms with Gasteiger partial charge in [0, 0.05) is 35.5 Å². The number of carbonyl (C=O) groups is 2. The van der Waals surface area contributed by atoms with E-state index in [1.54, 1.807) is 6.08 Å². The van der Waals surface area contributed by atoms with E-state index in [4.69, 9.17) is 14.2 Å². The van der Waals surface area contributed by atoms with Crippen LogP contribution in [0.25, 0.3) is 0 Å². The number of rotatable bonds is 5. The Morgan fingerprint density at radius 3 is 2.49 bits per heavy atom. The maximum Gasteiger partial charge on any atom is 0.200 e. The Morgan fingerprint density at radius 2 is 1.86 bits per heavy atom. The summed E-state index contributed by atoms with van der Waals surface area (Å²) in [6, 6.07) is 1.48. The minimum absolute atomic E-state index is 0.00331. The van der Waals surface area contributed by atoms with Crippen molar-refractivity contribution < 1.29 is 28.9 Å². The molecule has 4 atom stereocenters. The average molecular weight is 479 g/mol. The van der Waals surface area contributed by atoms with E-state index in [2.05, 4.69) is 0 Å². The lowest BCUT2D eigenvalue weighted by atomic mass is 9.51. The van der Waals surface area contributed by atoms with Crippen molar-refractivity contribution >= 4 is 11.6 Å². The maximum atomic E-state index is 14.2. The zero-order chi connectivity index (χ0) is 25.5. The molecule has 1 aromatic rings. The zero-order valence-corrected chi connectivity index (χ0v) is 21.6. The minimum Gasteiger partial charge on any atom is -0.507 e. The number of benzene rings is 1. The summed E-state index contributed by atoms with van der Waals surface area (Å²) < 4.78 is 19.2. The normalized spacial score (nSPS) is 31.2. The van der Waals surface area contributed by atoms with Gasteiger partial charge in [-0.2, -0.15) is 0 Å². The highest BCUT2D eigenvalue weighted by molar-refractivity contribution is 6.18. The van der Waals surface area contributed by atoms with Crippen molar-refractivity contribution in [3.05, 3.63) is 52.1 Å². The van der Waals surface area contributed by atoms with E-state index in [-0.39, 0.29) is 29.0 Å². The number of aromatic hydroxyl groups is 1. The van der Waals surface area contributed by atoms with Crippen LogP contribution in [-0.2, 0) is 16.0 Å². The summed E-state index contributed by atoms with van der Waals surface area (Å²) in [5.74, 6) is -0.296. The lowest BCUT2D eigenvalue weighted by molar-refractivity contribution is -0.171. The monoisotopic (exact) mass is 478 g/mol. The van der Waals surface area contributed by atoms with Crippen LogP contribution in [0.3, 0.4) is 0 Å². The summed E-state index contributed by atoms with van der Waals surface area (Å²) in [5, 5.41) is 11.0. The van der Waals surface area contributed by atoms with Gasteiger partial charge in [0.25, 0.3) is 0 Å². The Kier molecular flexibility index (Phi) is 5.16. The van der Waals surface area contributed by atoms with E-state index < -0.39 is 22.7 Å². The number of Topliss-reactive ketones (excluding diaryl/α,β-unsaturated/α-hetero) is 2. The molecule has 0 amide bonds. The van der Waals surface area contributed by atoms with Crippen LogP contribution in [0.1, 0.15) is 70.3 Å². The Bertz CT molecular complexity index is 1240. The van der Waals surface area contributed by atoms with E-state index in [1.807, 2.05) is 53.7 Å². The van der Waals surface area contributed by atoms with Crippen molar-refractivity contribution in [2.24, 2.45) is 11.8 Å². The van der Waals surface area contributed by atoms with Crippen LogP contribution in [0.15, 0.2) is 41.0 Å². The lowest BCUT2D eigenvalue weighted by Crippen LogP contribution is -2.72. The summed E-state index contributed by atoms with van der Waals surface area (Å²) in [7, 11) is 1.47. The molecule has 1 N–H and O–H groups in total. The number of ketones is 2. The molecule has 35 heavy (non-hydrogen) atoms. The molecule has 6 nitrogen and oxygen atoms in total. The maximum absolute atomic E-state index is 14.2. The summed E-state index contributed by atoms with van der Waals surface area (Å²) in [6.45, 7) is 11.9. The number of carbonyl (C=O) groups excluding carboxylic acids is 2. The molecule has 4 bridgehead atoms. The molecule has 6 rings (SSSR count). The second-order valence-corrected chi connectivity index (χ2v) is 11.3. The van der Waals surface area contributed by atoms with Gasteiger partial charge in [-0.15, -0.1) is 0 Å². The molecule has 0 unspecified atom stereocenters. The molecule has 5 aliphatic rings. The molecule has 0 aromatic heterocycles. The standard InChI is InChI=1S/C29H34O6/c1-15(2)8-9-18-20(30)14-21(33-7)23-24(31)19-12-17-13-22-27(5,6)35-28(26(17)32,11-10-16(3)4)29(19,22)34-25(18)23/h8,10,12,14,17,22,30H,9,11,13H2,1-7H3/t17-,22+,28+,29-/m1/s1. The van der Waals surface area contributed by atoms with Gasteiger partial charge in [-0.25, -0.2) is 0 Å². The molecule has 3 aliphatic carbocycles. The van der Waals surface area contributed by atoms with Crippen LogP contribution in [0.2, 0.25) is 0 Å². The van der Waals surface area contributed by atoms with Crippen LogP contribution < -0.4 is 9.47 Å². The van der Waals surface area contributed by atoms with E-state index >= 15 is 0 Å². The van der Waals surface area contributed by atoms with E-state index in [0.717, 1.165) is 11.1 Å². The Balaban J connectivity index is 1.82. The molecule has 1 saturated heterocycles. The number of hydrogen-bond donors (Lipinski definition) is 1. The first kappa shape index (κ1) is 23.9. The van der Waals surface area contributed by atoms with Crippen molar-refractivity contribution in [1.29, 1.82) is 0 Å². The lowest BCUT2D eigenvalue weighted by Gasteiger charge is -2.56. The van der Waals surface area contributed by atoms with Crippen molar-refractivity contribution in [2.75, 3.05) is 7.11 Å². The van der Waals surface area contributed by atoms with Crippen LogP contribution in [0.5, 0.6) is 17.2 Å². The van der Waals surface area contributed by atoms with E-state index in [1.165, 1.54) is 13.2 Å². The number of methoxy groups -OCH3 is 1. The molecule has 1 spiro atoms. The molecule has 2 heterocycles. The SMILES string of the molecule is COc1cc(O)c(CC=C(C)C)c2c1C(=O)C1=C[C@@H]3C[C@H]4C(C)(C)O[C@@](CC=C(C)C)(C3=O)[C@@]14O2. The van der Waals surface area contributed by atoms with Crippen LogP contribution in [0.4, 0.5) is 0 Å². The number of phenols is 1. The molecular weight excluding hydrogens is 444 g/mol. The van der Waals surface area contributed by atoms with Crippen molar-refractivity contribution in [1.82, 2.24) is 0 Å². The van der Waals surface area contributed by atoms with Gasteiger partial charge in [-0.1, -0.05) is 29.4 Å². The number of ether oxygens (including phenoxy) is 3. The second-order valence-electron chi connectivity index (χ2n) is 11.3. The van der Waals surface area contributed by atoms with Gasteiger partial charge >= 0.3 is 0 Å². The topological polar surface area (TPSA) is 82.1 Å². The molecule has 186 valence electrons. The van der Waals surface area contributed by atoms with Crippen LogP contribution in [-0.4, -0.2) is 40.6 Å². The Labute approximate surface area is 206 Å². The predicted molar refractivity (Wildman–Crippen MR) is 132 cm³/mol. The summed E-state index contributed by atoms with van der Waals surface area (Å²) in [5.41, 5.74) is 0.169. The van der Waals surface area contributed by atoms with Gasteiger partial charge in [0.2, 0.25) is 0 Å². The number of allylic oxidation sites excluding steroid dienone is 4. The van der Waals surface area contributed by atoms with Crippen molar-refractivity contribution in [3.8, 4) is 17.2 Å². The fraction of sp³-hybridized carbons (Fsp3) is 0.517. The molecule has 0 radical (unpaired) electrons. The minimum atomic E-state index is -1.31. The molecule has 6 heteroatoms. The smallest absolute Gasteiger partial charge is 0.200 e. The third kappa shape index (κ3) is 2.98. The third-order valence-corrected chi connectivity index (χ3v) is 8.15. The highest BCUT2D eigenvalue weighted by Crippen LogP contribution is 2.68. The van der Waals surface area contributed by atoms with Crippen LogP contribution in [0, 0.1) is 11.8 Å². The average Bonchev–Trinajstić information content (AvgIpc) is 2.93. The number of hydrogen-bond acceptors (Lipinski definition) is 6. The summed E-state index contributed by atoms with van der Waals surface area (Å²) in [4.78, 5) is 28.2. The summed E-state index contributed by atoms with van der Waals surface area (Å²) in [6.07, 6.45) is 7.06. The third-order valence-electron chi connectivity index (χ3n) is 8.15. The predicted octanol–water partition coefficient (Wildman–Crippen LogP) is 5.27. The zero-order valence-electron chi connectivity index (χ0n) is 21.6. The van der Waals surface area contributed by atoms with E-state index in [9.17, 15) is 14.7 Å². The Hall–Kier alpha value is -2.86. The molecule has 2 fully saturated rings. The van der Waals surface area contributed by atoms with Gasteiger partial charge in [-0.3, -0.25) is 9.59 Å². The van der Waals surface area contributed by atoms with Gasteiger partial charge in [0.05, 0.1) is 12.7 Å². The van der Waals surface area contributed by atoms with E-state index in [0.29, 0.717) is 41.7 Å². The van der Waals surface area contributed by atoms with Gasteiger partial charge < -0.3 is 19.3 Å². The van der Waals surface area contributed by atoms with Crippen molar-refractivity contribution in [2.45, 2.75) is 77.6 Å². The molecule has 2 aliphatic heterocycles. The number of phenolic OH excluding ortho intramolecular Hbond substituents is 1. The highest BCUT2D eigenvalue weighted by atomic mass is 16.6. The first-order valence-corrected chi connectivity index (χ1v) is 12.3. The quantitative estimate of drug-likeness (QED) is 0.581. The first-order valence-electron chi connectivity index (χ1n) is 12.3. The Morgan fingerprint density at radius 1 is 1.17 bits per heavy atom. The largest absolute Gasteiger partial charge is 0.507 e. The molecule has 1 saturated carbocycles. The first-order chi connectivity index (χ1) is 16.4. The van der Waals surface area contributed by atoms with Crippen molar-refractivity contribution in [3.63, 3.8) is 0 Å². The summed E-state index contributed by atoms with van der Waals surface area (Å²) >= 11 is 0. The fourth-order valence-electron chi connectivity index (χ4n) is 6.63. The number of fused-ring (bicyclic) bond motifs is 1. The van der Waals surface area contributed by atoms with Gasteiger partial charge in [-0.05, 0) is 54.4 Å². The van der Waals surface area contributed by atoms with Crippen LogP contribution >= 0.6 is 0 Å². The van der Waals surface area contributed by atoms with Gasteiger partial charge in [0.1, 0.15) is 22.8 Å². The second kappa shape index (κ2) is 7.57.